The van der Waals surface area contributed by atoms with Crippen LogP contribution in [0.4, 0.5) is 5.69 Å². The van der Waals surface area contributed by atoms with E-state index in [1.165, 1.54) is 16.7 Å². The molecule has 0 spiro atoms. The Morgan fingerprint density at radius 3 is 2.05 bits per heavy atom. The number of aliphatic hydroxyl groups excluding tert-OH is 1. The summed E-state index contributed by atoms with van der Waals surface area (Å²) >= 11 is 0. The monoisotopic (exact) mass is 279 g/mol. The lowest BCUT2D eigenvalue weighted by atomic mass is 10.0. The standard InChI is InChI=1S/C17H31N2O/c1-12(2)19(6,7)11-16(20)10-18-17-14(4)8-13(3)9-15(17)5/h8-9,12,16,18,20H,10-11H2,1-7H3/q+1. The Morgan fingerprint density at radius 2 is 1.60 bits per heavy atom. The van der Waals surface area contributed by atoms with Gasteiger partial charge in [-0.3, -0.25) is 0 Å². The van der Waals surface area contributed by atoms with E-state index >= 15 is 0 Å². The highest BCUT2D eigenvalue weighted by Crippen LogP contribution is 2.21. The van der Waals surface area contributed by atoms with Crippen LogP contribution in [0.5, 0.6) is 0 Å². The molecule has 1 rings (SSSR count). The minimum absolute atomic E-state index is 0.340. The number of quaternary nitrogens is 1. The van der Waals surface area contributed by atoms with Crippen LogP contribution in [0.1, 0.15) is 30.5 Å². The maximum absolute atomic E-state index is 10.3. The van der Waals surface area contributed by atoms with Gasteiger partial charge in [-0.15, -0.1) is 0 Å². The lowest BCUT2D eigenvalue weighted by Crippen LogP contribution is -2.51. The molecule has 1 atom stereocenters. The molecule has 3 heteroatoms. The smallest absolute Gasteiger partial charge is 0.120 e. The Bertz CT molecular complexity index is 429. The Hall–Kier alpha value is -1.06. The summed E-state index contributed by atoms with van der Waals surface area (Å²) in [6.45, 7) is 12.1. The molecule has 1 aromatic rings. The van der Waals surface area contributed by atoms with Crippen molar-refractivity contribution in [3.05, 3.63) is 28.8 Å². The first-order valence-electron chi connectivity index (χ1n) is 7.46. The van der Waals surface area contributed by atoms with Crippen LogP contribution in [0, 0.1) is 20.8 Å². The number of nitrogens with zero attached hydrogens (tertiary/aromatic N) is 1. The van der Waals surface area contributed by atoms with E-state index < -0.39 is 0 Å². The zero-order valence-electron chi connectivity index (χ0n) is 14.1. The normalized spacial score (nSPS) is 13.7. The number of hydrogen-bond donors (Lipinski definition) is 2. The first-order chi connectivity index (χ1) is 9.13. The van der Waals surface area contributed by atoms with Crippen LogP contribution in [0.25, 0.3) is 0 Å². The van der Waals surface area contributed by atoms with Crippen molar-refractivity contribution in [3.8, 4) is 0 Å². The van der Waals surface area contributed by atoms with Gasteiger partial charge in [-0.1, -0.05) is 17.7 Å². The van der Waals surface area contributed by atoms with Gasteiger partial charge in [0, 0.05) is 12.2 Å². The number of rotatable bonds is 6. The van der Waals surface area contributed by atoms with Gasteiger partial charge in [0.05, 0.1) is 20.1 Å². The third-order valence-corrected chi connectivity index (χ3v) is 4.27. The molecule has 0 bridgehead atoms. The van der Waals surface area contributed by atoms with E-state index in [-0.39, 0.29) is 6.10 Å². The Labute approximate surface area is 124 Å². The second-order valence-corrected chi connectivity index (χ2v) is 6.86. The van der Waals surface area contributed by atoms with Crippen LogP contribution in [0.15, 0.2) is 12.1 Å². The number of likely N-dealkylation sites (N-methyl/N-ethyl adjacent to an activating group) is 1. The molecule has 3 nitrogen and oxygen atoms in total. The van der Waals surface area contributed by atoms with Crippen molar-refractivity contribution in [3.63, 3.8) is 0 Å². The van der Waals surface area contributed by atoms with Crippen molar-refractivity contribution in [2.75, 3.05) is 32.5 Å². The topological polar surface area (TPSA) is 32.3 Å². The van der Waals surface area contributed by atoms with Gasteiger partial charge in [-0.25, -0.2) is 0 Å². The van der Waals surface area contributed by atoms with Gasteiger partial charge >= 0.3 is 0 Å². The summed E-state index contributed by atoms with van der Waals surface area (Å²) in [6, 6.07) is 4.86. The van der Waals surface area contributed by atoms with Crippen LogP contribution in [-0.4, -0.2) is 48.9 Å². The average Bonchev–Trinajstić information content (AvgIpc) is 2.26. The molecule has 0 fully saturated rings. The van der Waals surface area contributed by atoms with Gasteiger partial charge in [-0.2, -0.15) is 0 Å². The lowest BCUT2D eigenvalue weighted by Gasteiger charge is -2.36. The third-order valence-electron chi connectivity index (χ3n) is 4.27. The summed E-state index contributed by atoms with van der Waals surface area (Å²) in [5.41, 5.74) is 4.92. The van der Waals surface area contributed by atoms with E-state index in [2.05, 4.69) is 66.2 Å². The van der Waals surface area contributed by atoms with Crippen LogP contribution in [0.2, 0.25) is 0 Å². The second kappa shape index (κ2) is 6.59. The van der Waals surface area contributed by atoms with E-state index in [9.17, 15) is 5.11 Å². The SMILES string of the molecule is Cc1cc(C)c(NCC(O)C[N+](C)(C)C(C)C)c(C)c1. The summed E-state index contributed by atoms with van der Waals surface area (Å²) < 4.78 is 0.828. The highest BCUT2D eigenvalue weighted by atomic mass is 16.3. The van der Waals surface area contributed by atoms with E-state index in [1.807, 2.05) is 0 Å². The van der Waals surface area contributed by atoms with Crippen molar-refractivity contribution < 1.29 is 9.59 Å². The molecule has 0 aliphatic rings. The average molecular weight is 279 g/mol. The molecule has 0 radical (unpaired) electrons. The Balaban J connectivity index is 2.64. The number of aryl methyl sites for hydroxylation is 3. The molecule has 1 unspecified atom stereocenters. The van der Waals surface area contributed by atoms with Crippen LogP contribution >= 0.6 is 0 Å². The quantitative estimate of drug-likeness (QED) is 0.785. The molecule has 1 aromatic carbocycles. The molecule has 114 valence electrons. The van der Waals surface area contributed by atoms with Crippen molar-refractivity contribution in [2.45, 2.75) is 46.8 Å². The first kappa shape index (κ1) is 17.0. The maximum Gasteiger partial charge on any atom is 0.120 e. The molecule has 0 amide bonds. The summed E-state index contributed by atoms with van der Waals surface area (Å²) in [6.07, 6.45) is -0.340. The van der Waals surface area contributed by atoms with Crippen LogP contribution < -0.4 is 5.32 Å². The number of anilines is 1. The third kappa shape index (κ3) is 4.50. The van der Waals surface area contributed by atoms with E-state index in [0.717, 1.165) is 16.7 Å². The first-order valence-corrected chi connectivity index (χ1v) is 7.46. The summed E-state index contributed by atoms with van der Waals surface area (Å²) in [4.78, 5) is 0. The van der Waals surface area contributed by atoms with Crippen molar-refractivity contribution in [1.29, 1.82) is 0 Å². The molecule has 20 heavy (non-hydrogen) atoms. The number of nitrogens with one attached hydrogen (secondary N) is 1. The zero-order chi connectivity index (χ0) is 15.5. The maximum atomic E-state index is 10.3. The predicted molar refractivity (Wildman–Crippen MR) is 87.3 cm³/mol. The molecule has 2 N–H and O–H groups in total. The minimum atomic E-state index is -0.340. The zero-order valence-corrected chi connectivity index (χ0v) is 14.1. The fraction of sp³-hybridized carbons (Fsp3) is 0.647. The molecule has 0 aromatic heterocycles. The number of hydrogen-bond acceptors (Lipinski definition) is 2. The number of aliphatic hydroxyl groups is 1. The molecular formula is C17H31N2O+. The summed E-state index contributed by atoms with van der Waals surface area (Å²) in [5.74, 6) is 0. The molecule has 0 aliphatic carbocycles. The van der Waals surface area contributed by atoms with Gasteiger partial charge in [0.2, 0.25) is 0 Å². The number of benzene rings is 1. The highest BCUT2D eigenvalue weighted by molar-refractivity contribution is 5.58. The van der Waals surface area contributed by atoms with Crippen molar-refractivity contribution in [1.82, 2.24) is 0 Å². The summed E-state index contributed by atoms with van der Waals surface area (Å²) in [7, 11) is 4.33. The van der Waals surface area contributed by atoms with Crippen LogP contribution in [0.3, 0.4) is 0 Å². The fourth-order valence-corrected chi connectivity index (χ4v) is 2.50. The van der Waals surface area contributed by atoms with E-state index in [0.29, 0.717) is 12.6 Å². The molecule has 0 heterocycles. The largest absolute Gasteiger partial charge is 0.385 e. The predicted octanol–water partition coefficient (Wildman–Crippen LogP) is 2.87. The van der Waals surface area contributed by atoms with Gasteiger partial charge in [0.25, 0.3) is 0 Å². The van der Waals surface area contributed by atoms with Gasteiger partial charge in [-0.05, 0) is 45.7 Å². The molecule has 0 aliphatic heterocycles. The van der Waals surface area contributed by atoms with E-state index in [1.54, 1.807) is 0 Å². The highest BCUT2D eigenvalue weighted by Gasteiger charge is 2.23. The Kier molecular flexibility index (Phi) is 5.60. The van der Waals surface area contributed by atoms with Crippen LogP contribution in [-0.2, 0) is 0 Å². The summed E-state index contributed by atoms with van der Waals surface area (Å²) in [5, 5.41) is 13.7. The van der Waals surface area contributed by atoms with E-state index in [4.69, 9.17) is 0 Å². The lowest BCUT2D eigenvalue weighted by molar-refractivity contribution is -0.913. The molecule has 0 saturated carbocycles. The van der Waals surface area contributed by atoms with Crippen molar-refractivity contribution in [2.24, 2.45) is 0 Å². The molecule has 0 saturated heterocycles. The van der Waals surface area contributed by atoms with Gasteiger partial charge in [0.1, 0.15) is 12.6 Å². The van der Waals surface area contributed by atoms with Gasteiger partial charge < -0.3 is 14.9 Å². The van der Waals surface area contributed by atoms with Gasteiger partial charge in [0.15, 0.2) is 0 Å². The molecular weight excluding hydrogens is 248 g/mol. The Morgan fingerprint density at radius 1 is 1.10 bits per heavy atom. The van der Waals surface area contributed by atoms with Crippen molar-refractivity contribution >= 4 is 5.69 Å². The minimum Gasteiger partial charge on any atom is -0.385 e. The second-order valence-electron chi connectivity index (χ2n) is 6.86. The fourth-order valence-electron chi connectivity index (χ4n) is 2.50.